The Bertz CT molecular complexity index is 1010. The van der Waals surface area contributed by atoms with E-state index in [0.29, 0.717) is 32.2 Å². The van der Waals surface area contributed by atoms with E-state index in [-0.39, 0.29) is 42.7 Å². The maximum Gasteiger partial charge on any atom is 0.325 e. The second-order valence-electron chi connectivity index (χ2n) is 8.25. The molecule has 1 fully saturated rings. The van der Waals surface area contributed by atoms with Crippen LogP contribution in [0.3, 0.4) is 0 Å². The van der Waals surface area contributed by atoms with E-state index in [0.717, 1.165) is 11.5 Å². The summed E-state index contributed by atoms with van der Waals surface area (Å²) in [5.74, 6) is -0.227. The molecule has 2 aromatic heterocycles. The lowest BCUT2D eigenvalue weighted by Gasteiger charge is -2.37. The monoisotopic (exact) mass is 504 g/mol. The number of nitrogens with zero attached hydrogens (tertiary/aromatic N) is 5. The Morgan fingerprint density at radius 3 is 2.43 bits per heavy atom. The SMILES string of the molecule is CCOC(=O)CNC(=O)c1ccc(C(=O)N2CCN(c3ncccc3N(C)C(C)C)CC2)nc1.Cl. The number of hydrogen-bond acceptors (Lipinski definition) is 8. The topological polar surface area (TPSA) is 108 Å². The van der Waals surface area contributed by atoms with Gasteiger partial charge in [0, 0.05) is 51.7 Å². The van der Waals surface area contributed by atoms with Crippen LogP contribution in [-0.2, 0) is 9.53 Å². The summed E-state index contributed by atoms with van der Waals surface area (Å²) in [7, 11) is 2.05. The van der Waals surface area contributed by atoms with Gasteiger partial charge >= 0.3 is 5.97 Å². The predicted octanol–water partition coefficient (Wildman–Crippen LogP) is 2.00. The minimum atomic E-state index is -0.511. The second-order valence-corrected chi connectivity index (χ2v) is 8.25. The van der Waals surface area contributed by atoms with Crippen molar-refractivity contribution in [2.45, 2.75) is 26.8 Å². The van der Waals surface area contributed by atoms with Crippen molar-refractivity contribution in [1.82, 2.24) is 20.2 Å². The Balaban J connectivity index is 0.00000432. The average molecular weight is 505 g/mol. The summed E-state index contributed by atoms with van der Waals surface area (Å²) in [5.41, 5.74) is 1.60. The van der Waals surface area contributed by atoms with Crippen molar-refractivity contribution in [3.05, 3.63) is 47.9 Å². The van der Waals surface area contributed by atoms with Crippen LogP contribution in [-0.4, -0.2) is 85.1 Å². The van der Waals surface area contributed by atoms with Gasteiger partial charge in [0.2, 0.25) is 0 Å². The average Bonchev–Trinajstić information content (AvgIpc) is 2.86. The van der Waals surface area contributed by atoms with Crippen molar-refractivity contribution >= 4 is 41.7 Å². The Morgan fingerprint density at radius 1 is 1.11 bits per heavy atom. The van der Waals surface area contributed by atoms with E-state index in [1.807, 2.05) is 6.07 Å². The molecule has 2 aromatic rings. The molecule has 0 spiro atoms. The molecule has 1 aliphatic heterocycles. The van der Waals surface area contributed by atoms with Gasteiger partial charge in [-0.2, -0.15) is 0 Å². The summed E-state index contributed by atoms with van der Waals surface area (Å²) in [4.78, 5) is 51.4. The molecule has 190 valence electrons. The van der Waals surface area contributed by atoms with Crippen LogP contribution in [0.5, 0.6) is 0 Å². The Morgan fingerprint density at radius 2 is 1.83 bits per heavy atom. The molecule has 0 atom stereocenters. The number of carbonyl (C=O) groups is 3. The van der Waals surface area contributed by atoms with Crippen LogP contribution in [0.2, 0.25) is 0 Å². The number of pyridine rings is 2. The predicted molar refractivity (Wildman–Crippen MR) is 136 cm³/mol. The van der Waals surface area contributed by atoms with Gasteiger partial charge in [-0.25, -0.2) is 4.98 Å². The van der Waals surface area contributed by atoms with Gasteiger partial charge in [0.25, 0.3) is 11.8 Å². The van der Waals surface area contributed by atoms with E-state index in [1.54, 1.807) is 18.0 Å². The first kappa shape index (κ1) is 27.8. The van der Waals surface area contributed by atoms with E-state index in [4.69, 9.17) is 4.74 Å². The fourth-order valence-electron chi connectivity index (χ4n) is 3.59. The van der Waals surface area contributed by atoms with Gasteiger partial charge in [0.05, 0.1) is 17.9 Å². The van der Waals surface area contributed by atoms with Crippen LogP contribution in [0.15, 0.2) is 36.7 Å². The van der Waals surface area contributed by atoms with E-state index >= 15 is 0 Å². The zero-order valence-corrected chi connectivity index (χ0v) is 21.4. The zero-order valence-electron chi connectivity index (χ0n) is 20.6. The molecule has 0 saturated carbocycles. The van der Waals surface area contributed by atoms with Crippen molar-refractivity contribution in [3.63, 3.8) is 0 Å². The summed E-state index contributed by atoms with van der Waals surface area (Å²) >= 11 is 0. The number of rotatable bonds is 8. The van der Waals surface area contributed by atoms with Crippen LogP contribution in [0.25, 0.3) is 0 Å². The van der Waals surface area contributed by atoms with Crippen LogP contribution in [0.4, 0.5) is 11.5 Å². The number of amides is 2. The van der Waals surface area contributed by atoms with Crippen LogP contribution in [0.1, 0.15) is 41.6 Å². The zero-order chi connectivity index (χ0) is 24.7. The van der Waals surface area contributed by atoms with Crippen LogP contribution in [0, 0.1) is 0 Å². The van der Waals surface area contributed by atoms with Gasteiger partial charge in [-0.3, -0.25) is 19.4 Å². The van der Waals surface area contributed by atoms with Gasteiger partial charge in [-0.1, -0.05) is 0 Å². The molecule has 10 nitrogen and oxygen atoms in total. The van der Waals surface area contributed by atoms with Crippen molar-refractivity contribution in [1.29, 1.82) is 0 Å². The van der Waals surface area contributed by atoms with E-state index in [2.05, 4.69) is 52.0 Å². The first-order chi connectivity index (χ1) is 16.3. The summed E-state index contributed by atoms with van der Waals surface area (Å²) in [5, 5.41) is 2.47. The van der Waals surface area contributed by atoms with E-state index < -0.39 is 11.9 Å². The molecule has 1 saturated heterocycles. The first-order valence-corrected chi connectivity index (χ1v) is 11.4. The van der Waals surface area contributed by atoms with Crippen molar-refractivity contribution in [2.75, 3.05) is 56.2 Å². The van der Waals surface area contributed by atoms with Crippen molar-refractivity contribution in [2.24, 2.45) is 0 Å². The molecular weight excluding hydrogens is 472 g/mol. The highest BCUT2D eigenvalue weighted by molar-refractivity contribution is 5.97. The normalized spacial score (nSPS) is 13.2. The van der Waals surface area contributed by atoms with Crippen molar-refractivity contribution in [3.8, 4) is 0 Å². The number of esters is 1. The summed E-state index contributed by atoms with van der Waals surface area (Å²) < 4.78 is 4.78. The maximum absolute atomic E-state index is 12.9. The lowest BCUT2D eigenvalue weighted by atomic mass is 10.2. The molecule has 35 heavy (non-hydrogen) atoms. The number of piperazine rings is 1. The third-order valence-corrected chi connectivity index (χ3v) is 5.73. The molecule has 0 unspecified atom stereocenters. The number of anilines is 2. The second kappa shape index (κ2) is 12.9. The maximum atomic E-state index is 12.9. The lowest BCUT2D eigenvalue weighted by Crippen LogP contribution is -2.49. The highest BCUT2D eigenvalue weighted by atomic mass is 35.5. The third-order valence-electron chi connectivity index (χ3n) is 5.73. The minimum absolute atomic E-state index is 0. The standard InChI is InChI=1S/C24H32N6O4.ClH/c1-5-34-21(31)16-27-23(32)18-8-9-19(26-15-18)24(33)30-13-11-29(12-14-30)22-20(7-6-10-25-22)28(4)17(2)3;/h6-10,15,17H,5,11-14,16H2,1-4H3,(H,27,32);1H. The molecule has 0 aromatic carbocycles. The van der Waals surface area contributed by atoms with Gasteiger partial charge in [-0.05, 0) is 45.0 Å². The first-order valence-electron chi connectivity index (χ1n) is 11.4. The molecule has 2 amide bonds. The molecule has 11 heteroatoms. The lowest BCUT2D eigenvalue weighted by molar-refractivity contribution is -0.141. The Hall–Kier alpha value is -3.40. The Labute approximate surface area is 212 Å². The smallest absolute Gasteiger partial charge is 0.325 e. The van der Waals surface area contributed by atoms with E-state index in [1.165, 1.54) is 18.3 Å². The summed E-state index contributed by atoms with van der Waals surface area (Å²) in [6.07, 6.45) is 3.13. The van der Waals surface area contributed by atoms with Crippen molar-refractivity contribution < 1.29 is 19.1 Å². The van der Waals surface area contributed by atoms with Gasteiger partial charge in [0.1, 0.15) is 12.2 Å². The number of halogens is 1. The number of nitrogens with one attached hydrogen (secondary N) is 1. The quantitative estimate of drug-likeness (QED) is 0.544. The summed E-state index contributed by atoms with van der Waals surface area (Å²) in [6, 6.07) is 7.39. The fourth-order valence-corrected chi connectivity index (χ4v) is 3.59. The van der Waals surface area contributed by atoms with Gasteiger partial charge < -0.3 is 24.8 Å². The highest BCUT2D eigenvalue weighted by Gasteiger charge is 2.26. The number of hydrogen-bond donors (Lipinski definition) is 1. The molecule has 0 aliphatic carbocycles. The molecule has 0 bridgehead atoms. The fraction of sp³-hybridized carbons (Fsp3) is 0.458. The molecule has 0 radical (unpaired) electrons. The van der Waals surface area contributed by atoms with Crippen LogP contribution < -0.4 is 15.1 Å². The molecular formula is C24H33ClN6O4. The Kier molecular flexibility index (Phi) is 10.3. The summed E-state index contributed by atoms with van der Waals surface area (Å²) in [6.45, 7) is 8.41. The molecule has 3 heterocycles. The van der Waals surface area contributed by atoms with Gasteiger partial charge in [0.15, 0.2) is 5.82 Å². The third kappa shape index (κ3) is 7.05. The largest absolute Gasteiger partial charge is 0.465 e. The molecule has 1 aliphatic rings. The minimum Gasteiger partial charge on any atom is -0.465 e. The highest BCUT2D eigenvalue weighted by Crippen LogP contribution is 2.28. The molecule has 1 N–H and O–H groups in total. The number of aromatic nitrogens is 2. The van der Waals surface area contributed by atoms with E-state index in [9.17, 15) is 14.4 Å². The van der Waals surface area contributed by atoms with Crippen LogP contribution >= 0.6 is 12.4 Å². The number of carbonyl (C=O) groups excluding carboxylic acids is 3. The molecule has 3 rings (SSSR count). The van der Waals surface area contributed by atoms with Gasteiger partial charge in [-0.15, -0.1) is 12.4 Å². The number of ether oxygens (including phenoxy) is 1.